The van der Waals surface area contributed by atoms with E-state index >= 15 is 0 Å². The van der Waals surface area contributed by atoms with Crippen LogP contribution >= 0.6 is 0 Å². The molecule has 2 bridgehead atoms. The van der Waals surface area contributed by atoms with Crippen LogP contribution in [0.5, 0.6) is 0 Å². The summed E-state index contributed by atoms with van der Waals surface area (Å²) in [5, 5.41) is 16.8. The highest BCUT2D eigenvalue weighted by Crippen LogP contribution is 2.58. The molecule has 1 saturated heterocycles. The van der Waals surface area contributed by atoms with Crippen LogP contribution in [-0.2, 0) is 20.5 Å². The van der Waals surface area contributed by atoms with E-state index in [0.29, 0.717) is 22.2 Å². The first-order chi connectivity index (χ1) is 14.0. The second-order valence-corrected chi connectivity index (χ2v) is 7.81. The second kappa shape index (κ2) is 5.09. The Labute approximate surface area is 164 Å². The maximum atomic E-state index is 13.3. The van der Waals surface area contributed by atoms with Crippen molar-refractivity contribution in [3.05, 3.63) is 70.3 Å². The minimum Gasteiger partial charge on any atom is -0.393 e. The molecule has 2 aromatic carbocycles. The number of benzene rings is 2. The summed E-state index contributed by atoms with van der Waals surface area (Å²) in [6.45, 7) is -0.571. The van der Waals surface area contributed by atoms with Crippen molar-refractivity contribution in [2.75, 3.05) is 11.9 Å². The molecule has 4 aliphatic rings. The molecule has 8 heteroatoms. The van der Waals surface area contributed by atoms with E-state index in [2.05, 4.69) is 15.6 Å². The van der Waals surface area contributed by atoms with Crippen LogP contribution in [0.1, 0.15) is 23.9 Å². The van der Waals surface area contributed by atoms with Crippen molar-refractivity contribution in [3.8, 4) is 0 Å². The van der Waals surface area contributed by atoms with Gasteiger partial charge in [0.25, 0.3) is 5.56 Å². The van der Waals surface area contributed by atoms with Gasteiger partial charge in [-0.1, -0.05) is 30.3 Å². The summed E-state index contributed by atoms with van der Waals surface area (Å²) in [5.74, 6) is -0.494. The van der Waals surface area contributed by atoms with Gasteiger partial charge in [0.2, 0.25) is 11.8 Å². The Morgan fingerprint density at radius 2 is 1.86 bits per heavy atom. The molecule has 5 heterocycles. The monoisotopic (exact) mass is 388 g/mol. The molecule has 0 unspecified atom stereocenters. The lowest BCUT2D eigenvalue weighted by molar-refractivity contribution is -0.146. The first-order valence-corrected chi connectivity index (χ1v) is 9.39. The quantitative estimate of drug-likeness (QED) is 0.563. The molecule has 8 nitrogen and oxygen atoms in total. The third-order valence-corrected chi connectivity index (χ3v) is 6.63. The average Bonchev–Trinajstić information content (AvgIpc) is 3.01. The topological polar surface area (TPSA) is 113 Å². The van der Waals surface area contributed by atoms with E-state index < -0.39 is 29.5 Å². The number of nitrogens with zero attached hydrogens (tertiary/aromatic N) is 2. The van der Waals surface area contributed by atoms with Crippen LogP contribution in [0.4, 0.5) is 5.69 Å². The van der Waals surface area contributed by atoms with Gasteiger partial charge in [0.15, 0.2) is 0 Å². The van der Waals surface area contributed by atoms with Crippen LogP contribution in [0.25, 0.3) is 10.9 Å². The number of hydrogen-bond acceptors (Lipinski definition) is 5. The number of aromatic nitrogens is 2. The second-order valence-electron chi connectivity index (χ2n) is 7.81. The number of nitrogens with one attached hydrogen (secondary N) is 2. The Balaban J connectivity index is 1.77. The summed E-state index contributed by atoms with van der Waals surface area (Å²) in [6.07, 6.45) is 0.0785. The molecular weight excluding hydrogens is 372 g/mol. The molecule has 3 atom stereocenters. The predicted molar refractivity (Wildman–Crippen MR) is 103 cm³/mol. The summed E-state index contributed by atoms with van der Waals surface area (Å²) in [5.41, 5.74) is -1.35. The highest BCUT2D eigenvalue weighted by atomic mass is 16.3. The zero-order valence-electron chi connectivity index (χ0n) is 15.2. The molecule has 4 aliphatic heterocycles. The third-order valence-electron chi connectivity index (χ3n) is 6.63. The Kier molecular flexibility index (Phi) is 2.89. The van der Waals surface area contributed by atoms with Gasteiger partial charge >= 0.3 is 0 Å². The van der Waals surface area contributed by atoms with E-state index in [1.165, 1.54) is 4.57 Å². The lowest BCUT2D eigenvalue weighted by Crippen LogP contribution is -2.75. The number of piperidine rings is 1. The molecule has 0 radical (unpaired) electrons. The van der Waals surface area contributed by atoms with Gasteiger partial charge in [0.05, 0.1) is 17.5 Å². The van der Waals surface area contributed by atoms with Crippen molar-refractivity contribution < 1.29 is 14.7 Å². The van der Waals surface area contributed by atoms with E-state index in [9.17, 15) is 19.5 Å². The molecule has 0 saturated carbocycles. The number of fused-ring (bicyclic) bond motifs is 3. The zero-order chi connectivity index (χ0) is 20.0. The van der Waals surface area contributed by atoms with Crippen LogP contribution < -0.4 is 16.2 Å². The van der Waals surface area contributed by atoms with Gasteiger partial charge in [0, 0.05) is 5.69 Å². The van der Waals surface area contributed by atoms with Crippen molar-refractivity contribution in [3.63, 3.8) is 0 Å². The zero-order valence-corrected chi connectivity index (χ0v) is 15.2. The summed E-state index contributed by atoms with van der Waals surface area (Å²) in [6, 6.07) is 13.2. The molecule has 29 heavy (non-hydrogen) atoms. The number of aliphatic hydroxyl groups excluding tert-OH is 1. The summed E-state index contributed by atoms with van der Waals surface area (Å²) in [7, 11) is 0. The van der Waals surface area contributed by atoms with Crippen LogP contribution in [0, 0.1) is 0 Å². The number of carbonyl (C=O) groups excluding carboxylic acids is 2. The van der Waals surface area contributed by atoms with Crippen LogP contribution in [0.3, 0.4) is 0 Å². The van der Waals surface area contributed by atoms with E-state index in [-0.39, 0.29) is 23.7 Å². The van der Waals surface area contributed by atoms with Crippen molar-refractivity contribution in [1.29, 1.82) is 0 Å². The fourth-order valence-corrected chi connectivity index (χ4v) is 5.34. The van der Waals surface area contributed by atoms with Crippen molar-refractivity contribution in [2.45, 2.75) is 23.4 Å². The minimum atomic E-state index is -1.54. The van der Waals surface area contributed by atoms with Crippen molar-refractivity contribution >= 4 is 28.4 Å². The van der Waals surface area contributed by atoms with Gasteiger partial charge in [-0.15, -0.1) is 0 Å². The molecule has 1 spiro atoms. The number of para-hydroxylation sites is 2. The smallest absolute Gasteiger partial charge is 0.262 e. The molecule has 3 aromatic rings. The minimum absolute atomic E-state index is 0.0785. The molecular formula is C21H16N4O4. The number of aliphatic hydroxyl groups is 1. The number of amides is 2. The van der Waals surface area contributed by atoms with Gasteiger partial charge in [-0.3, -0.25) is 19.0 Å². The maximum absolute atomic E-state index is 13.3. The number of anilines is 1. The maximum Gasteiger partial charge on any atom is 0.262 e. The van der Waals surface area contributed by atoms with Crippen molar-refractivity contribution in [1.82, 2.24) is 14.9 Å². The van der Waals surface area contributed by atoms with E-state index in [4.69, 9.17) is 0 Å². The molecule has 144 valence electrons. The first-order valence-electron chi connectivity index (χ1n) is 9.39. The Morgan fingerprint density at radius 3 is 2.69 bits per heavy atom. The molecule has 1 aromatic heterocycles. The van der Waals surface area contributed by atoms with Crippen molar-refractivity contribution in [2.24, 2.45) is 0 Å². The summed E-state index contributed by atoms with van der Waals surface area (Å²) < 4.78 is 1.36. The van der Waals surface area contributed by atoms with E-state index in [0.717, 1.165) is 0 Å². The van der Waals surface area contributed by atoms with Gasteiger partial charge in [-0.25, -0.2) is 4.98 Å². The average molecular weight is 388 g/mol. The van der Waals surface area contributed by atoms with Crippen LogP contribution in [0.15, 0.2) is 53.3 Å². The number of hydrogen-bond donors (Lipinski definition) is 3. The lowest BCUT2D eigenvalue weighted by atomic mass is 9.57. The Hall–Kier alpha value is -3.52. The molecule has 0 aliphatic carbocycles. The summed E-state index contributed by atoms with van der Waals surface area (Å²) >= 11 is 0. The van der Waals surface area contributed by atoms with E-state index in [1.54, 1.807) is 30.3 Å². The molecule has 2 amide bonds. The largest absolute Gasteiger partial charge is 0.393 e. The fraction of sp³-hybridized carbons (Fsp3) is 0.238. The number of rotatable bonds is 1. The third kappa shape index (κ3) is 1.65. The highest BCUT2D eigenvalue weighted by molar-refractivity contribution is 6.09. The highest BCUT2D eigenvalue weighted by Gasteiger charge is 2.71. The van der Waals surface area contributed by atoms with Gasteiger partial charge in [0.1, 0.15) is 22.8 Å². The van der Waals surface area contributed by atoms with Crippen LogP contribution in [-0.4, -0.2) is 33.1 Å². The predicted octanol–water partition coefficient (Wildman–Crippen LogP) is 0.549. The normalized spacial score (nSPS) is 28.9. The van der Waals surface area contributed by atoms with Gasteiger partial charge < -0.3 is 15.7 Å². The number of carbonyl (C=O) groups is 2. The fourth-order valence-electron chi connectivity index (χ4n) is 5.34. The Bertz CT molecular complexity index is 1320. The molecule has 7 rings (SSSR count). The SMILES string of the molecule is O=C1N[C@@]2(CO)c3nc4ccccc4c(=O)n3[C@@H]1C[C@@]21C(=O)Nc2ccccc21. The van der Waals surface area contributed by atoms with Crippen LogP contribution in [0.2, 0.25) is 0 Å². The molecule has 1 fully saturated rings. The molecule has 3 N–H and O–H groups in total. The van der Waals surface area contributed by atoms with E-state index in [1.807, 2.05) is 18.2 Å². The standard InChI is InChI=1S/C21H16N4O4/c26-10-21-18-22-13-7-3-1-5-11(13)17(28)25(18)15(16(27)24-21)9-20(21)12-6-2-4-8-14(12)23-19(20)29/h1-8,15,26H,9-10H2,(H,23,29)(H,24,27)/t15-,20-,21+/m1/s1. The lowest BCUT2D eigenvalue weighted by Gasteiger charge is -2.56. The summed E-state index contributed by atoms with van der Waals surface area (Å²) in [4.78, 5) is 44.2. The Morgan fingerprint density at radius 1 is 1.10 bits per heavy atom. The first kappa shape index (κ1) is 16.4. The van der Waals surface area contributed by atoms with Gasteiger partial charge in [-0.2, -0.15) is 0 Å². The van der Waals surface area contributed by atoms with Gasteiger partial charge in [-0.05, 0) is 30.2 Å².